The average molecular weight is 385 g/mol. The van der Waals surface area contributed by atoms with E-state index in [2.05, 4.69) is 21.9 Å². The molecule has 1 aliphatic rings. The number of ether oxygens (including phenoxy) is 1. The molecule has 7 heteroatoms. The Morgan fingerprint density at radius 3 is 2.89 bits per heavy atom. The number of Topliss-reactive ketones (excluding diaryl/α,β-unsaturated/α-hetero) is 1. The second-order valence-electron chi connectivity index (χ2n) is 6.71. The van der Waals surface area contributed by atoms with Gasteiger partial charge in [0, 0.05) is 12.2 Å². The molecule has 27 heavy (non-hydrogen) atoms. The largest absolute Gasteiger partial charge is 0.477 e. The first-order valence-corrected chi connectivity index (χ1v) is 10.0. The lowest BCUT2D eigenvalue weighted by Gasteiger charge is -2.30. The quantitative estimate of drug-likeness (QED) is 0.736. The normalized spacial score (nSPS) is 19.4. The van der Waals surface area contributed by atoms with Gasteiger partial charge in [0.1, 0.15) is 5.69 Å². The fraction of sp³-hybridized carbons (Fsp3) is 0.400. The van der Waals surface area contributed by atoms with Crippen molar-refractivity contribution in [1.82, 2.24) is 9.97 Å². The van der Waals surface area contributed by atoms with E-state index in [4.69, 9.17) is 10.5 Å². The predicted molar refractivity (Wildman–Crippen MR) is 108 cm³/mol. The lowest BCUT2D eigenvalue weighted by molar-refractivity contribution is 0.0987. The minimum absolute atomic E-state index is 0.0749. The second kappa shape index (κ2) is 8.52. The van der Waals surface area contributed by atoms with Gasteiger partial charge >= 0.3 is 0 Å². The molecular formula is C20H24N4O2S. The van der Waals surface area contributed by atoms with E-state index < -0.39 is 0 Å². The third kappa shape index (κ3) is 4.86. The van der Waals surface area contributed by atoms with E-state index in [0.717, 1.165) is 29.7 Å². The molecule has 0 amide bonds. The Morgan fingerprint density at radius 1 is 1.33 bits per heavy atom. The summed E-state index contributed by atoms with van der Waals surface area (Å²) in [5.74, 6) is 1.31. The number of benzene rings is 1. The van der Waals surface area contributed by atoms with E-state index in [0.29, 0.717) is 23.3 Å². The van der Waals surface area contributed by atoms with Crippen LogP contribution in [0.15, 0.2) is 41.7 Å². The van der Waals surface area contributed by atoms with Gasteiger partial charge in [0.15, 0.2) is 11.0 Å². The molecule has 0 saturated carbocycles. The van der Waals surface area contributed by atoms with Gasteiger partial charge in [-0.15, -0.1) is 0 Å². The Kier molecular flexibility index (Phi) is 6.11. The highest BCUT2D eigenvalue weighted by molar-refractivity contribution is 8.13. The van der Waals surface area contributed by atoms with Gasteiger partial charge in [0.25, 0.3) is 0 Å². The Balaban J connectivity index is 1.72. The molecule has 1 aromatic carbocycles. The van der Waals surface area contributed by atoms with Crippen molar-refractivity contribution in [1.29, 1.82) is 0 Å². The topological polar surface area (TPSA) is 90.5 Å². The highest BCUT2D eigenvalue weighted by Gasteiger charge is 2.29. The van der Waals surface area contributed by atoms with Crippen LogP contribution in [0.5, 0.6) is 5.88 Å². The summed E-state index contributed by atoms with van der Waals surface area (Å²) in [7, 11) is 0. The van der Waals surface area contributed by atoms with Crippen molar-refractivity contribution < 1.29 is 9.53 Å². The lowest BCUT2D eigenvalue weighted by Crippen LogP contribution is -2.28. The lowest BCUT2D eigenvalue weighted by atomic mass is 9.88. The van der Waals surface area contributed by atoms with E-state index >= 15 is 0 Å². The smallest absolute Gasteiger partial charge is 0.232 e. The Bertz CT molecular complexity index is 838. The highest BCUT2D eigenvalue weighted by atomic mass is 32.2. The monoisotopic (exact) mass is 384 g/mol. The van der Waals surface area contributed by atoms with E-state index in [1.807, 2.05) is 31.2 Å². The molecular weight excluding hydrogens is 360 g/mol. The van der Waals surface area contributed by atoms with Crippen LogP contribution in [0.4, 0.5) is 0 Å². The first-order valence-electron chi connectivity index (χ1n) is 9.06. The van der Waals surface area contributed by atoms with Crippen LogP contribution in [0.3, 0.4) is 0 Å². The molecule has 0 spiro atoms. The zero-order valence-electron chi connectivity index (χ0n) is 15.6. The number of nitrogens with two attached hydrogens (primary N) is 1. The van der Waals surface area contributed by atoms with Crippen molar-refractivity contribution in [2.75, 3.05) is 12.4 Å². The third-order valence-electron chi connectivity index (χ3n) is 4.48. The maximum absolute atomic E-state index is 12.6. The van der Waals surface area contributed by atoms with Crippen LogP contribution < -0.4 is 10.5 Å². The van der Waals surface area contributed by atoms with Crippen molar-refractivity contribution in [3.63, 3.8) is 0 Å². The number of aromatic nitrogens is 2. The van der Waals surface area contributed by atoms with Gasteiger partial charge < -0.3 is 10.5 Å². The van der Waals surface area contributed by atoms with Crippen LogP contribution in [0.1, 0.15) is 48.3 Å². The number of ketones is 1. The number of amidine groups is 1. The molecule has 2 N–H and O–H groups in total. The maximum Gasteiger partial charge on any atom is 0.232 e. The molecule has 2 heterocycles. The van der Waals surface area contributed by atoms with Gasteiger partial charge in [-0.05, 0) is 30.9 Å². The summed E-state index contributed by atoms with van der Waals surface area (Å²) < 4.78 is 5.40. The first kappa shape index (κ1) is 19.4. The number of thioether (sulfide) groups is 1. The van der Waals surface area contributed by atoms with Crippen LogP contribution in [0.25, 0.3) is 0 Å². The Labute approximate surface area is 163 Å². The molecule has 142 valence electrons. The standard InChI is InChI=1S/C20H24N4O2S/c1-3-8-26-18-13-22-16(12-23-18)17(25)11-14-5-4-6-15(10-14)20(2)7-9-27-19(21)24-20/h4-6,10,12-13H,3,7-9,11H2,1-2H3,(H2,21,24)/t20-/m0/s1. The zero-order chi connectivity index (χ0) is 19.3. The molecule has 0 bridgehead atoms. The van der Waals surface area contributed by atoms with Crippen molar-refractivity contribution in [2.45, 2.75) is 38.6 Å². The van der Waals surface area contributed by atoms with E-state index in [1.165, 1.54) is 12.4 Å². The molecule has 6 nitrogen and oxygen atoms in total. The van der Waals surface area contributed by atoms with Gasteiger partial charge in [0.2, 0.25) is 5.88 Å². The van der Waals surface area contributed by atoms with Crippen LogP contribution in [0, 0.1) is 0 Å². The second-order valence-corrected chi connectivity index (χ2v) is 7.83. The number of hydrogen-bond donors (Lipinski definition) is 1. The maximum atomic E-state index is 12.6. The fourth-order valence-electron chi connectivity index (χ4n) is 2.93. The van der Waals surface area contributed by atoms with Gasteiger partial charge in [-0.1, -0.05) is 43.0 Å². The summed E-state index contributed by atoms with van der Waals surface area (Å²) in [4.78, 5) is 25.5. The van der Waals surface area contributed by atoms with Gasteiger partial charge in [-0.2, -0.15) is 0 Å². The number of aliphatic imine (C=N–C) groups is 1. The summed E-state index contributed by atoms with van der Waals surface area (Å²) in [5, 5.41) is 0.617. The molecule has 0 unspecified atom stereocenters. The number of rotatable bonds is 7. The minimum Gasteiger partial charge on any atom is -0.477 e. The number of nitrogens with zero attached hydrogens (tertiary/aromatic N) is 3. The van der Waals surface area contributed by atoms with Crippen LogP contribution in [0.2, 0.25) is 0 Å². The SMILES string of the molecule is CCCOc1cnc(C(=O)Cc2cccc([C@]3(C)CCSC(N)=N3)c2)cn1. The molecule has 0 aliphatic carbocycles. The van der Waals surface area contributed by atoms with E-state index in [-0.39, 0.29) is 17.7 Å². The summed E-state index contributed by atoms with van der Waals surface area (Å²) in [6.45, 7) is 4.69. The number of carbonyl (C=O) groups excluding carboxylic acids is 1. The Hall–Kier alpha value is -2.41. The summed E-state index contributed by atoms with van der Waals surface area (Å²) >= 11 is 1.58. The van der Waals surface area contributed by atoms with Crippen molar-refractivity contribution in [3.8, 4) is 5.88 Å². The molecule has 0 radical (unpaired) electrons. The first-order chi connectivity index (χ1) is 13.0. The molecule has 1 atom stereocenters. The molecule has 2 aromatic rings. The predicted octanol–water partition coefficient (Wildman–Crippen LogP) is 3.36. The molecule has 3 rings (SSSR count). The van der Waals surface area contributed by atoms with E-state index in [1.54, 1.807) is 11.8 Å². The minimum atomic E-state index is -0.341. The van der Waals surface area contributed by atoms with Crippen LogP contribution in [-0.4, -0.2) is 33.3 Å². The molecule has 1 aromatic heterocycles. The fourth-order valence-corrected chi connectivity index (χ4v) is 3.90. The molecule has 1 aliphatic heterocycles. The van der Waals surface area contributed by atoms with Crippen molar-refractivity contribution in [3.05, 3.63) is 53.5 Å². The summed E-state index contributed by atoms with van der Waals surface area (Å²) in [5.41, 5.74) is 7.92. The summed E-state index contributed by atoms with van der Waals surface area (Å²) in [6.07, 6.45) is 5.05. The average Bonchev–Trinajstić information content (AvgIpc) is 2.67. The van der Waals surface area contributed by atoms with Crippen molar-refractivity contribution >= 4 is 22.7 Å². The van der Waals surface area contributed by atoms with Gasteiger partial charge in [0.05, 0.1) is 24.5 Å². The van der Waals surface area contributed by atoms with Crippen molar-refractivity contribution in [2.24, 2.45) is 10.7 Å². The van der Waals surface area contributed by atoms with Gasteiger partial charge in [-0.3, -0.25) is 9.79 Å². The highest BCUT2D eigenvalue weighted by Crippen LogP contribution is 2.35. The molecule has 0 fully saturated rings. The zero-order valence-corrected chi connectivity index (χ0v) is 16.5. The van der Waals surface area contributed by atoms with Crippen LogP contribution >= 0.6 is 11.8 Å². The van der Waals surface area contributed by atoms with E-state index in [9.17, 15) is 4.79 Å². The third-order valence-corrected chi connectivity index (χ3v) is 5.27. The molecule has 0 saturated heterocycles. The number of hydrogen-bond acceptors (Lipinski definition) is 7. The van der Waals surface area contributed by atoms with Gasteiger partial charge in [-0.25, -0.2) is 9.97 Å². The summed E-state index contributed by atoms with van der Waals surface area (Å²) in [6, 6.07) is 7.99. The Morgan fingerprint density at radius 2 is 2.19 bits per heavy atom. The van der Waals surface area contributed by atoms with Crippen LogP contribution in [-0.2, 0) is 12.0 Å². The number of carbonyl (C=O) groups is 1.